The molecule has 0 saturated heterocycles. The van der Waals surface area contributed by atoms with Gasteiger partial charge in [-0.25, -0.2) is 0 Å². The van der Waals surface area contributed by atoms with Crippen LogP contribution in [0.1, 0.15) is 72.1 Å². The molecule has 2 fully saturated rings. The van der Waals surface area contributed by atoms with E-state index in [0.29, 0.717) is 0 Å². The largest absolute Gasteiger partial charge is 0.314 e. The average molecular weight is 251 g/mol. The van der Waals surface area contributed by atoms with Gasteiger partial charge in [0, 0.05) is 6.04 Å². The standard InChI is InChI=1S/C17H33N/c1-13(2)16-8-10-17(11-9-16)18-12-15-6-4-14(3)5-7-15/h13-18H,4-12H2,1-3H3. The predicted molar refractivity (Wildman–Crippen MR) is 79.7 cm³/mol. The lowest BCUT2D eigenvalue weighted by molar-refractivity contribution is 0.220. The summed E-state index contributed by atoms with van der Waals surface area (Å²) in [4.78, 5) is 0. The van der Waals surface area contributed by atoms with Crippen LogP contribution in [0.15, 0.2) is 0 Å². The fourth-order valence-electron chi connectivity index (χ4n) is 3.86. The Hall–Kier alpha value is -0.0400. The Bertz CT molecular complexity index is 220. The van der Waals surface area contributed by atoms with Crippen LogP contribution in [0.5, 0.6) is 0 Å². The number of hydrogen-bond donors (Lipinski definition) is 1. The molecular formula is C17H33N. The van der Waals surface area contributed by atoms with Crippen LogP contribution < -0.4 is 5.32 Å². The summed E-state index contributed by atoms with van der Waals surface area (Å²) in [6, 6.07) is 0.833. The number of hydrogen-bond acceptors (Lipinski definition) is 1. The molecule has 1 nitrogen and oxygen atoms in total. The third-order valence-corrected chi connectivity index (χ3v) is 5.55. The highest BCUT2D eigenvalue weighted by Crippen LogP contribution is 2.31. The van der Waals surface area contributed by atoms with E-state index in [9.17, 15) is 0 Å². The van der Waals surface area contributed by atoms with Crippen LogP contribution in [-0.4, -0.2) is 12.6 Å². The zero-order valence-electron chi connectivity index (χ0n) is 12.8. The van der Waals surface area contributed by atoms with Gasteiger partial charge in [-0.1, -0.05) is 33.6 Å². The van der Waals surface area contributed by atoms with Crippen LogP contribution in [-0.2, 0) is 0 Å². The van der Waals surface area contributed by atoms with E-state index in [1.807, 2.05) is 0 Å². The van der Waals surface area contributed by atoms with E-state index in [4.69, 9.17) is 0 Å². The van der Waals surface area contributed by atoms with Crippen molar-refractivity contribution in [1.82, 2.24) is 5.32 Å². The maximum Gasteiger partial charge on any atom is 0.00673 e. The molecule has 18 heavy (non-hydrogen) atoms. The van der Waals surface area contributed by atoms with Crippen molar-refractivity contribution in [2.75, 3.05) is 6.54 Å². The average Bonchev–Trinajstić information content (AvgIpc) is 2.38. The molecule has 0 unspecified atom stereocenters. The van der Waals surface area contributed by atoms with E-state index in [0.717, 1.165) is 29.7 Å². The Kier molecular flexibility index (Phi) is 5.54. The van der Waals surface area contributed by atoms with Crippen LogP contribution in [0.2, 0.25) is 0 Å². The lowest BCUT2D eigenvalue weighted by Crippen LogP contribution is -2.37. The highest BCUT2D eigenvalue weighted by atomic mass is 14.9. The van der Waals surface area contributed by atoms with Crippen LogP contribution >= 0.6 is 0 Å². The molecule has 1 heteroatoms. The first-order valence-electron chi connectivity index (χ1n) is 8.38. The summed E-state index contributed by atoms with van der Waals surface area (Å²) < 4.78 is 0. The second-order valence-corrected chi connectivity index (χ2v) is 7.39. The molecule has 0 radical (unpaired) electrons. The van der Waals surface area contributed by atoms with Crippen molar-refractivity contribution in [1.29, 1.82) is 0 Å². The van der Waals surface area contributed by atoms with E-state index >= 15 is 0 Å². The van der Waals surface area contributed by atoms with Crippen molar-refractivity contribution in [3.8, 4) is 0 Å². The van der Waals surface area contributed by atoms with Crippen molar-refractivity contribution in [3.63, 3.8) is 0 Å². The molecule has 0 aliphatic heterocycles. The molecule has 0 heterocycles. The number of nitrogens with one attached hydrogen (secondary N) is 1. The summed E-state index contributed by atoms with van der Waals surface area (Å²) in [5.41, 5.74) is 0. The van der Waals surface area contributed by atoms with Crippen LogP contribution in [0.3, 0.4) is 0 Å². The fourth-order valence-corrected chi connectivity index (χ4v) is 3.86. The van der Waals surface area contributed by atoms with Crippen molar-refractivity contribution in [2.24, 2.45) is 23.7 Å². The Balaban J connectivity index is 1.60. The van der Waals surface area contributed by atoms with Gasteiger partial charge in [0.1, 0.15) is 0 Å². The topological polar surface area (TPSA) is 12.0 Å². The van der Waals surface area contributed by atoms with Gasteiger partial charge < -0.3 is 5.32 Å². The molecule has 106 valence electrons. The lowest BCUT2D eigenvalue weighted by Gasteiger charge is -2.33. The molecular weight excluding hydrogens is 218 g/mol. The van der Waals surface area contributed by atoms with Crippen LogP contribution in [0, 0.1) is 23.7 Å². The molecule has 2 rings (SSSR count). The highest BCUT2D eigenvalue weighted by Gasteiger charge is 2.24. The molecule has 0 aromatic heterocycles. The van der Waals surface area contributed by atoms with Crippen molar-refractivity contribution in [2.45, 2.75) is 78.2 Å². The molecule has 2 aliphatic rings. The Morgan fingerprint density at radius 3 is 2.06 bits per heavy atom. The van der Waals surface area contributed by atoms with E-state index in [2.05, 4.69) is 26.1 Å². The molecule has 0 aromatic carbocycles. The Morgan fingerprint density at radius 1 is 0.889 bits per heavy atom. The minimum Gasteiger partial charge on any atom is -0.314 e. The molecule has 2 aliphatic carbocycles. The van der Waals surface area contributed by atoms with Gasteiger partial charge in [-0.2, -0.15) is 0 Å². The zero-order valence-corrected chi connectivity index (χ0v) is 12.8. The van der Waals surface area contributed by atoms with Gasteiger partial charge in [-0.05, 0) is 68.7 Å². The summed E-state index contributed by atoms with van der Waals surface area (Å²) in [5.74, 6) is 3.86. The summed E-state index contributed by atoms with van der Waals surface area (Å²) in [5, 5.41) is 3.87. The van der Waals surface area contributed by atoms with Crippen molar-refractivity contribution in [3.05, 3.63) is 0 Å². The maximum absolute atomic E-state index is 3.87. The van der Waals surface area contributed by atoms with E-state index in [-0.39, 0.29) is 0 Å². The summed E-state index contributed by atoms with van der Waals surface area (Å²) in [7, 11) is 0. The van der Waals surface area contributed by atoms with Gasteiger partial charge in [0.05, 0.1) is 0 Å². The first kappa shape index (κ1) is 14.4. The van der Waals surface area contributed by atoms with Gasteiger partial charge in [0.15, 0.2) is 0 Å². The van der Waals surface area contributed by atoms with Crippen LogP contribution in [0.25, 0.3) is 0 Å². The molecule has 0 spiro atoms. The Morgan fingerprint density at radius 2 is 1.50 bits per heavy atom. The minimum atomic E-state index is 0.833. The van der Waals surface area contributed by atoms with Gasteiger partial charge in [0.2, 0.25) is 0 Å². The van der Waals surface area contributed by atoms with Crippen molar-refractivity contribution < 1.29 is 0 Å². The normalized spacial score (nSPS) is 38.0. The first-order chi connectivity index (χ1) is 8.65. The van der Waals surface area contributed by atoms with Gasteiger partial charge in [-0.15, -0.1) is 0 Å². The predicted octanol–water partition coefficient (Wildman–Crippen LogP) is 4.62. The second-order valence-electron chi connectivity index (χ2n) is 7.39. The lowest BCUT2D eigenvalue weighted by atomic mass is 9.79. The van der Waals surface area contributed by atoms with E-state index < -0.39 is 0 Å². The Labute approximate surface area is 114 Å². The summed E-state index contributed by atoms with van der Waals surface area (Å²) in [6.07, 6.45) is 11.6. The minimum absolute atomic E-state index is 0.833. The summed E-state index contributed by atoms with van der Waals surface area (Å²) in [6.45, 7) is 8.49. The molecule has 2 saturated carbocycles. The third-order valence-electron chi connectivity index (χ3n) is 5.55. The monoisotopic (exact) mass is 251 g/mol. The number of rotatable bonds is 4. The molecule has 0 bridgehead atoms. The van der Waals surface area contributed by atoms with Gasteiger partial charge in [0.25, 0.3) is 0 Å². The second kappa shape index (κ2) is 6.93. The van der Waals surface area contributed by atoms with E-state index in [1.54, 1.807) is 0 Å². The van der Waals surface area contributed by atoms with E-state index in [1.165, 1.54) is 57.9 Å². The van der Waals surface area contributed by atoms with Gasteiger partial charge in [-0.3, -0.25) is 0 Å². The quantitative estimate of drug-likeness (QED) is 0.769. The van der Waals surface area contributed by atoms with Crippen LogP contribution in [0.4, 0.5) is 0 Å². The highest BCUT2D eigenvalue weighted by molar-refractivity contribution is 4.80. The molecule has 0 aromatic rings. The van der Waals surface area contributed by atoms with Crippen molar-refractivity contribution >= 4 is 0 Å². The molecule has 0 atom stereocenters. The maximum atomic E-state index is 3.87. The first-order valence-corrected chi connectivity index (χ1v) is 8.38. The summed E-state index contributed by atoms with van der Waals surface area (Å²) >= 11 is 0. The smallest absolute Gasteiger partial charge is 0.00673 e. The third kappa shape index (κ3) is 4.26. The molecule has 1 N–H and O–H groups in total. The zero-order chi connectivity index (χ0) is 13.0. The fraction of sp³-hybridized carbons (Fsp3) is 1.00. The van der Waals surface area contributed by atoms with Gasteiger partial charge >= 0.3 is 0 Å². The molecule has 0 amide bonds. The SMILES string of the molecule is CC1CCC(CNC2CCC(C(C)C)CC2)CC1.